The Balaban J connectivity index is 2.28. The number of amides is 1. The summed E-state index contributed by atoms with van der Waals surface area (Å²) in [6.07, 6.45) is 4.81. The van der Waals surface area contributed by atoms with Gasteiger partial charge in [-0.2, -0.15) is 0 Å². The summed E-state index contributed by atoms with van der Waals surface area (Å²) >= 11 is 0. The molecule has 0 aromatic heterocycles. The maximum atomic E-state index is 11.3. The van der Waals surface area contributed by atoms with Crippen LogP contribution in [0.3, 0.4) is 0 Å². The van der Waals surface area contributed by atoms with Crippen LogP contribution in [-0.2, 0) is 9.63 Å². The fourth-order valence-electron chi connectivity index (χ4n) is 1.16. The molecule has 1 aliphatic rings. The standard InChI is InChI=1S/C9H14N2O2/c1-2-5-13-11-9(12)7-3-4-8(10)6-7/h2-3,8H,1,4-6,10H2,(H,11,12)/t8-/m0/s1. The first-order valence-corrected chi connectivity index (χ1v) is 4.21. The van der Waals surface area contributed by atoms with Crippen LogP contribution in [0.4, 0.5) is 0 Å². The molecule has 0 aliphatic heterocycles. The van der Waals surface area contributed by atoms with Gasteiger partial charge in [0.15, 0.2) is 0 Å². The Kier molecular flexibility index (Phi) is 3.67. The Morgan fingerprint density at radius 1 is 1.92 bits per heavy atom. The first-order chi connectivity index (χ1) is 6.24. The molecule has 1 atom stereocenters. The second-order valence-electron chi connectivity index (χ2n) is 2.96. The highest BCUT2D eigenvalue weighted by molar-refractivity contribution is 5.93. The van der Waals surface area contributed by atoms with Gasteiger partial charge in [-0.25, -0.2) is 5.48 Å². The van der Waals surface area contributed by atoms with E-state index in [1.165, 1.54) is 0 Å². The van der Waals surface area contributed by atoms with Gasteiger partial charge in [-0.3, -0.25) is 9.63 Å². The summed E-state index contributed by atoms with van der Waals surface area (Å²) < 4.78 is 0. The van der Waals surface area contributed by atoms with E-state index >= 15 is 0 Å². The van der Waals surface area contributed by atoms with Gasteiger partial charge in [0.05, 0.1) is 6.61 Å². The van der Waals surface area contributed by atoms with Gasteiger partial charge < -0.3 is 5.73 Å². The number of carbonyl (C=O) groups excluding carboxylic acids is 1. The van der Waals surface area contributed by atoms with Crippen LogP contribution >= 0.6 is 0 Å². The van der Waals surface area contributed by atoms with Gasteiger partial charge in [-0.1, -0.05) is 12.2 Å². The van der Waals surface area contributed by atoms with Crippen LogP contribution in [0, 0.1) is 0 Å². The fraction of sp³-hybridized carbons (Fsp3) is 0.444. The molecule has 4 nitrogen and oxygen atoms in total. The van der Waals surface area contributed by atoms with E-state index in [0.717, 1.165) is 6.42 Å². The van der Waals surface area contributed by atoms with E-state index in [0.29, 0.717) is 18.6 Å². The van der Waals surface area contributed by atoms with E-state index in [-0.39, 0.29) is 11.9 Å². The van der Waals surface area contributed by atoms with E-state index in [1.54, 1.807) is 6.08 Å². The molecule has 13 heavy (non-hydrogen) atoms. The molecule has 0 aromatic rings. The minimum atomic E-state index is -0.199. The molecule has 72 valence electrons. The van der Waals surface area contributed by atoms with E-state index in [2.05, 4.69) is 12.1 Å². The van der Waals surface area contributed by atoms with Crippen molar-refractivity contribution < 1.29 is 9.63 Å². The maximum absolute atomic E-state index is 11.3. The molecule has 0 heterocycles. The molecule has 1 aliphatic carbocycles. The van der Waals surface area contributed by atoms with Crippen molar-refractivity contribution >= 4 is 5.91 Å². The molecule has 0 saturated heterocycles. The third-order valence-electron chi connectivity index (χ3n) is 1.81. The average molecular weight is 182 g/mol. The summed E-state index contributed by atoms with van der Waals surface area (Å²) in [5, 5.41) is 0. The molecule has 4 heteroatoms. The van der Waals surface area contributed by atoms with Crippen LogP contribution in [0.25, 0.3) is 0 Å². The molecule has 0 bridgehead atoms. The largest absolute Gasteiger partial charge is 0.327 e. The van der Waals surface area contributed by atoms with Crippen LogP contribution in [-0.4, -0.2) is 18.6 Å². The first kappa shape index (κ1) is 9.95. The van der Waals surface area contributed by atoms with Gasteiger partial charge in [-0.05, 0) is 12.8 Å². The van der Waals surface area contributed by atoms with Gasteiger partial charge in [0.2, 0.25) is 0 Å². The summed E-state index contributed by atoms with van der Waals surface area (Å²) in [4.78, 5) is 16.1. The molecule has 0 radical (unpaired) electrons. The number of nitrogens with one attached hydrogen (secondary N) is 1. The Morgan fingerprint density at radius 3 is 3.23 bits per heavy atom. The van der Waals surface area contributed by atoms with Gasteiger partial charge in [0.25, 0.3) is 5.91 Å². The number of rotatable bonds is 4. The van der Waals surface area contributed by atoms with E-state index in [9.17, 15) is 4.79 Å². The number of hydrogen-bond acceptors (Lipinski definition) is 3. The molecule has 0 aromatic carbocycles. The Morgan fingerprint density at radius 2 is 2.69 bits per heavy atom. The number of hydrogen-bond donors (Lipinski definition) is 2. The maximum Gasteiger partial charge on any atom is 0.270 e. The van der Waals surface area contributed by atoms with Crippen molar-refractivity contribution in [3.8, 4) is 0 Å². The van der Waals surface area contributed by atoms with E-state index in [4.69, 9.17) is 10.6 Å². The SMILES string of the molecule is C=CCONC(=O)C1=CC[C@H](N)C1. The molecule has 1 rings (SSSR count). The van der Waals surface area contributed by atoms with Crippen molar-refractivity contribution in [3.63, 3.8) is 0 Å². The Hall–Kier alpha value is -1.13. The van der Waals surface area contributed by atoms with Crippen LogP contribution in [0.1, 0.15) is 12.8 Å². The highest BCUT2D eigenvalue weighted by Gasteiger charge is 2.18. The highest BCUT2D eigenvalue weighted by Crippen LogP contribution is 2.16. The third-order valence-corrected chi connectivity index (χ3v) is 1.81. The average Bonchev–Trinajstić information content (AvgIpc) is 2.52. The molecular formula is C9H14N2O2. The summed E-state index contributed by atoms with van der Waals surface area (Å²) in [5.74, 6) is -0.199. The second-order valence-corrected chi connectivity index (χ2v) is 2.96. The van der Waals surface area contributed by atoms with Crippen molar-refractivity contribution in [2.75, 3.05) is 6.61 Å². The summed E-state index contributed by atoms with van der Waals surface area (Å²) in [6.45, 7) is 3.77. The van der Waals surface area contributed by atoms with Gasteiger partial charge >= 0.3 is 0 Å². The zero-order valence-corrected chi connectivity index (χ0v) is 7.45. The molecule has 1 amide bonds. The van der Waals surface area contributed by atoms with Crippen molar-refractivity contribution in [3.05, 3.63) is 24.3 Å². The van der Waals surface area contributed by atoms with Crippen LogP contribution < -0.4 is 11.2 Å². The van der Waals surface area contributed by atoms with Gasteiger partial charge in [0.1, 0.15) is 0 Å². The van der Waals surface area contributed by atoms with Crippen LogP contribution in [0.15, 0.2) is 24.3 Å². The molecular weight excluding hydrogens is 168 g/mol. The lowest BCUT2D eigenvalue weighted by Crippen LogP contribution is -2.26. The van der Waals surface area contributed by atoms with Gasteiger partial charge in [-0.15, -0.1) is 6.58 Å². The lowest BCUT2D eigenvalue weighted by molar-refractivity contribution is -0.128. The monoisotopic (exact) mass is 182 g/mol. The van der Waals surface area contributed by atoms with E-state index < -0.39 is 0 Å². The van der Waals surface area contributed by atoms with Crippen molar-refractivity contribution in [2.24, 2.45) is 5.73 Å². The van der Waals surface area contributed by atoms with Crippen molar-refractivity contribution in [2.45, 2.75) is 18.9 Å². The summed E-state index contributed by atoms with van der Waals surface area (Å²) in [5.41, 5.74) is 8.65. The Labute approximate surface area is 77.4 Å². The minimum Gasteiger partial charge on any atom is -0.327 e. The predicted octanol–water partition coefficient (Wildman–Crippen LogP) is 0.268. The minimum absolute atomic E-state index is 0.0835. The molecule has 0 unspecified atom stereocenters. The zero-order chi connectivity index (χ0) is 9.68. The topological polar surface area (TPSA) is 64.3 Å². The third kappa shape index (κ3) is 3.01. The lowest BCUT2D eigenvalue weighted by atomic mass is 10.2. The first-order valence-electron chi connectivity index (χ1n) is 4.21. The quantitative estimate of drug-likeness (QED) is 0.372. The normalized spacial score (nSPS) is 21.0. The van der Waals surface area contributed by atoms with Crippen LogP contribution in [0.2, 0.25) is 0 Å². The van der Waals surface area contributed by atoms with Crippen LogP contribution in [0.5, 0.6) is 0 Å². The molecule has 0 fully saturated rings. The highest BCUT2D eigenvalue weighted by atomic mass is 16.6. The van der Waals surface area contributed by atoms with E-state index in [1.807, 2.05) is 6.08 Å². The predicted molar refractivity (Wildman–Crippen MR) is 49.6 cm³/mol. The number of carbonyl (C=O) groups is 1. The number of nitrogens with two attached hydrogens (primary N) is 1. The molecule has 0 spiro atoms. The lowest BCUT2D eigenvalue weighted by Gasteiger charge is -2.04. The smallest absolute Gasteiger partial charge is 0.270 e. The summed E-state index contributed by atoms with van der Waals surface area (Å²) in [7, 11) is 0. The summed E-state index contributed by atoms with van der Waals surface area (Å²) in [6, 6.07) is 0.0835. The molecule has 0 saturated carbocycles. The number of hydroxylamine groups is 1. The second kappa shape index (κ2) is 4.79. The Bertz CT molecular complexity index is 236. The van der Waals surface area contributed by atoms with Crippen molar-refractivity contribution in [1.82, 2.24) is 5.48 Å². The van der Waals surface area contributed by atoms with Crippen molar-refractivity contribution in [1.29, 1.82) is 0 Å². The fourth-order valence-corrected chi connectivity index (χ4v) is 1.16. The zero-order valence-electron chi connectivity index (χ0n) is 7.45. The molecule has 3 N–H and O–H groups in total. The van der Waals surface area contributed by atoms with Gasteiger partial charge in [0, 0.05) is 11.6 Å².